The van der Waals surface area contributed by atoms with Crippen LogP contribution in [0, 0.1) is 11.8 Å². The molecular weight excluding hydrogens is 232 g/mol. The molecule has 19 heavy (non-hydrogen) atoms. The zero-order valence-corrected chi connectivity index (χ0v) is 13.3. The summed E-state index contributed by atoms with van der Waals surface area (Å²) in [6, 6.07) is 2.13. The highest BCUT2D eigenvalue weighted by Crippen LogP contribution is 2.36. The van der Waals surface area contributed by atoms with Gasteiger partial charge in [0.2, 0.25) is 0 Å². The van der Waals surface area contributed by atoms with Crippen molar-refractivity contribution in [2.24, 2.45) is 17.6 Å². The average molecular weight is 266 g/mol. The van der Waals surface area contributed by atoms with E-state index in [-0.39, 0.29) is 0 Å². The van der Waals surface area contributed by atoms with Crippen LogP contribution in [0.25, 0.3) is 0 Å². The first-order valence-corrected chi connectivity index (χ1v) is 8.64. The van der Waals surface area contributed by atoms with E-state index in [4.69, 9.17) is 5.73 Å². The van der Waals surface area contributed by atoms with Crippen LogP contribution in [0.5, 0.6) is 0 Å². The fourth-order valence-electron chi connectivity index (χ4n) is 4.53. The number of hydrogen-bond acceptors (Lipinski definition) is 2. The van der Waals surface area contributed by atoms with Gasteiger partial charge in [-0.1, -0.05) is 33.6 Å². The quantitative estimate of drug-likeness (QED) is 0.839. The van der Waals surface area contributed by atoms with E-state index < -0.39 is 0 Å². The van der Waals surface area contributed by atoms with Crippen LogP contribution in [0.15, 0.2) is 0 Å². The van der Waals surface area contributed by atoms with Gasteiger partial charge in [0.1, 0.15) is 0 Å². The summed E-state index contributed by atoms with van der Waals surface area (Å²) in [5.41, 5.74) is 6.07. The lowest BCUT2D eigenvalue weighted by Gasteiger charge is -2.46. The molecule has 2 saturated carbocycles. The molecule has 2 unspecified atom stereocenters. The van der Waals surface area contributed by atoms with Gasteiger partial charge in [-0.2, -0.15) is 0 Å². The Hall–Kier alpha value is -0.0800. The maximum atomic E-state index is 6.07. The van der Waals surface area contributed by atoms with Gasteiger partial charge in [0.15, 0.2) is 0 Å². The Kier molecular flexibility index (Phi) is 5.70. The second kappa shape index (κ2) is 7.08. The molecule has 0 amide bonds. The van der Waals surface area contributed by atoms with Gasteiger partial charge in [-0.3, -0.25) is 4.90 Å². The Morgan fingerprint density at radius 1 is 1.00 bits per heavy atom. The zero-order chi connectivity index (χ0) is 13.8. The predicted octanol–water partition coefficient (Wildman–Crippen LogP) is 3.79. The van der Waals surface area contributed by atoms with E-state index in [0.29, 0.717) is 6.04 Å². The summed E-state index contributed by atoms with van der Waals surface area (Å²) in [7, 11) is 0. The molecule has 0 aromatic carbocycles. The first-order chi connectivity index (χ1) is 9.13. The van der Waals surface area contributed by atoms with Gasteiger partial charge in [0, 0.05) is 18.1 Å². The predicted molar refractivity (Wildman–Crippen MR) is 83.2 cm³/mol. The van der Waals surface area contributed by atoms with Crippen molar-refractivity contribution in [3.05, 3.63) is 0 Å². The van der Waals surface area contributed by atoms with E-state index in [1.54, 1.807) is 0 Å². The first kappa shape index (κ1) is 15.3. The molecule has 112 valence electrons. The summed E-state index contributed by atoms with van der Waals surface area (Å²) in [6.07, 6.45) is 10.9. The second-order valence-electron chi connectivity index (χ2n) is 7.16. The number of nitrogens with two attached hydrogens (primary N) is 1. The standard InChI is InChI=1S/C17H34N2/c1-4-19(15-11-9-14(18)10-12-15)17-8-6-5-7-16(17)13(2)3/h13-17H,4-12,18H2,1-3H3. The van der Waals surface area contributed by atoms with E-state index >= 15 is 0 Å². The largest absolute Gasteiger partial charge is 0.328 e. The monoisotopic (exact) mass is 266 g/mol. The van der Waals surface area contributed by atoms with Crippen LogP contribution in [0.3, 0.4) is 0 Å². The SMILES string of the molecule is CCN(C1CCC(N)CC1)C1CCCCC1C(C)C. The molecule has 2 heteroatoms. The minimum atomic E-state index is 0.474. The topological polar surface area (TPSA) is 29.3 Å². The molecule has 0 aromatic heterocycles. The molecule has 2 aliphatic rings. The van der Waals surface area contributed by atoms with E-state index in [1.165, 1.54) is 57.9 Å². The van der Waals surface area contributed by atoms with Crippen molar-refractivity contribution >= 4 is 0 Å². The summed E-state index contributed by atoms with van der Waals surface area (Å²) in [5.74, 6) is 1.76. The van der Waals surface area contributed by atoms with Crippen molar-refractivity contribution < 1.29 is 0 Å². The van der Waals surface area contributed by atoms with Gasteiger partial charge in [-0.05, 0) is 56.9 Å². The molecule has 0 heterocycles. The molecule has 0 radical (unpaired) electrons. The molecule has 2 aliphatic carbocycles. The van der Waals surface area contributed by atoms with Gasteiger partial charge in [0.05, 0.1) is 0 Å². The highest BCUT2D eigenvalue weighted by molar-refractivity contribution is 4.90. The Morgan fingerprint density at radius 3 is 2.21 bits per heavy atom. The van der Waals surface area contributed by atoms with Crippen molar-refractivity contribution in [1.82, 2.24) is 4.90 Å². The molecule has 2 rings (SSSR count). The third kappa shape index (κ3) is 3.72. The molecule has 2 N–H and O–H groups in total. The Balaban J connectivity index is 2.02. The first-order valence-electron chi connectivity index (χ1n) is 8.64. The minimum Gasteiger partial charge on any atom is -0.328 e. The number of hydrogen-bond donors (Lipinski definition) is 1. The van der Waals surface area contributed by atoms with Crippen LogP contribution >= 0.6 is 0 Å². The third-order valence-electron chi connectivity index (χ3n) is 5.64. The van der Waals surface area contributed by atoms with Crippen molar-refractivity contribution in [2.75, 3.05) is 6.54 Å². The summed E-state index contributed by atoms with van der Waals surface area (Å²) in [4.78, 5) is 2.86. The van der Waals surface area contributed by atoms with E-state index in [0.717, 1.165) is 23.9 Å². The molecule has 0 bridgehead atoms. The van der Waals surface area contributed by atoms with Gasteiger partial charge in [-0.25, -0.2) is 0 Å². The highest BCUT2D eigenvalue weighted by Gasteiger charge is 2.35. The molecule has 2 atom stereocenters. The summed E-state index contributed by atoms with van der Waals surface area (Å²) < 4.78 is 0. The van der Waals surface area contributed by atoms with Crippen LogP contribution in [0.4, 0.5) is 0 Å². The van der Waals surface area contributed by atoms with Gasteiger partial charge in [0.25, 0.3) is 0 Å². The molecule has 0 spiro atoms. The van der Waals surface area contributed by atoms with Crippen LogP contribution in [-0.2, 0) is 0 Å². The van der Waals surface area contributed by atoms with E-state index in [1.807, 2.05) is 0 Å². The fraction of sp³-hybridized carbons (Fsp3) is 1.00. The lowest BCUT2D eigenvalue weighted by atomic mass is 9.76. The van der Waals surface area contributed by atoms with Crippen LogP contribution < -0.4 is 5.73 Å². The number of rotatable bonds is 4. The molecule has 0 aliphatic heterocycles. The molecule has 0 saturated heterocycles. The van der Waals surface area contributed by atoms with E-state index in [2.05, 4.69) is 25.7 Å². The molecular formula is C17H34N2. The van der Waals surface area contributed by atoms with Gasteiger partial charge >= 0.3 is 0 Å². The summed E-state index contributed by atoms with van der Waals surface area (Å²) in [6.45, 7) is 8.44. The van der Waals surface area contributed by atoms with Gasteiger partial charge in [-0.15, -0.1) is 0 Å². The summed E-state index contributed by atoms with van der Waals surface area (Å²) in [5, 5.41) is 0. The maximum absolute atomic E-state index is 6.07. The van der Waals surface area contributed by atoms with Crippen LogP contribution in [-0.4, -0.2) is 29.6 Å². The number of nitrogens with zero attached hydrogens (tertiary/aromatic N) is 1. The van der Waals surface area contributed by atoms with Gasteiger partial charge < -0.3 is 5.73 Å². The van der Waals surface area contributed by atoms with E-state index in [9.17, 15) is 0 Å². The Morgan fingerprint density at radius 2 is 1.63 bits per heavy atom. The van der Waals surface area contributed by atoms with Crippen LogP contribution in [0.2, 0.25) is 0 Å². The fourth-order valence-corrected chi connectivity index (χ4v) is 4.53. The lowest BCUT2D eigenvalue weighted by Crippen LogP contribution is -2.51. The lowest BCUT2D eigenvalue weighted by molar-refractivity contribution is 0.0324. The molecule has 0 aromatic rings. The Labute approximate surface area is 120 Å². The Bertz CT molecular complexity index is 256. The normalized spacial score (nSPS) is 36.9. The van der Waals surface area contributed by atoms with Crippen molar-refractivity contribution in [1.29, 1.82) is 0 Å². The van der Waals surface area contributed by atoms with Crippen molar-refractivity contribution in [3.63, 3.8) is 0 Å². The molecule has 2 nitrogen and oxygen atoms in total. The maximum Gasteiger partial charge on any atom is 0.0129 e. The van der Waals surface area contributed by atoms with Crippen molar-refractivity contribution in [3.8, 4) is 0 Å². The smallest absolute Gasteiger partial charge is 0.0129 e. The molecule has 2 fully saturated rings. The van der Waals surface area contributed by atoms with Crippen LogP contribution in [0.1, 0.15) is 72.1 Å². The average Bonchev–Trinajstić information content (AvgIpc) is 2.42. The highest BCUT2D eigenvalue weighted by atomic mass is 15.2. The second-order valence-corrected chi connectivity index (χ2v) is 7.16. The minimum absolute atomic E-state index is 0.474. The summed E-state index contributed by atoms with van der Waals surface area (Å²) >= 11 is 0. The van der Waals surface area contributed by atoms with Crippen molar-refractivity contribution in [2.45, 2.75) is 90.3 Å². The zero-order valence-electron chi connectivity index (χ0n) is 13.3. The third-order valence-corrected chi connectivity index (χ3v) is 5.64.